The average Bonchev–Trinajstić information content (AvgIpc) is 2.00. The maximum Gasteiger partial charge on any atom is 0.340 e. The standard InChI is InChI=1S/C6H10O4/c1-4(5(7)9-2)6(8)10-3/h7H,1-3H3/b5-4-. The summed E-state index contributed by atoms with van der Waals surface area (Å²) in [5.74, 6) is -1.01. The van der Waals surface area contributed by atoms with Crippen LogP contribution in [-0.4, -0.2) is 25.3 Å². The highest BCUT2D eigenvalue weighted by Gasteiger charge is 2.09. The van der Waals surface area contributed by atoms with Crippen LogP contribution in [0.3, 0.4) is 0 Å². The Hall–Kier alpha value is -1.19. The number of methoxy groups -OCH3 is 2. The molecule has 1 N–H and O–H groups in total. The third-order valence-corrected chi connectivity index (χ3v) is 1.01. The van der Waals surface area contributed by atoms with Crippen LogP contribution in [0, 0.1) is 0 Å². The van der Waals surface area contributed by atoms with Crippen LogP contribution in [-0.2, 0) is 14.3 Å². The summed E-state index contributed by atoms with van der Waals surface area (Å²) < 4.78 is 8.67. The summed E-state index contributed by atoms with van der Waals surface area (Å²) in [5.41, 5.74) is 0.0602. The Morgan fingerprint density at radius 2 is 1.80 bits per heavy atom. The van der Waals surface area contributed by atoms with Crippen molar-refractivity contribution in [1.29, 1.82) is 0 Å². The molecule has 0 rings (SSSR count). The largest absolute Gasteiger partial charge is 0.481 e. The topological polar surface area (TPSA) is 55.8 Å². The van der Waals surface area contributed by atoms with E-state index in [4.69, 9.17) is 5.11 Å². The zero-order valence-corrected chi connectivity index (χ0v) is 6.17. The summed E-state index contributed by atoms with van der Waals surface area (Å²) >= 11 is 0. The van der Waals surface area contributed by atoms with Gasteiger partial charge < -0.3 is 14.6 Å². The van der Waals surface area contributed by atoms with Crippen molar-refractivity contribution in [3.8, 4) is 0 Å². The lowest BCUT2D eigenvalue weighted by atomic mass is 10.3. The maximum atomic E-state index is 10.6. The number of ether oxygens (including phenoxy) is 2. The van der Waals surface area contributed by atoms with Crippen LogP contribution < -0.4 is 0 Å². The summed E-state index contributed by atoms with van der Waals surface area (Å²) in [6.07, 6.45) is 0. The first kappa shape index (κ1) is 8.81. The molecule has 0 heterocycles. The summed E-state index contributed by atoms with van der Waals surface area (Å²) in [7, 11) is 2.50. The molecule has 0 unspecified atom stereocenters. The van der Waals surface area contributed by atoms with Crippen molar-refractivity contribution in [3.63, 3.8) is 0 Å². The van der Waals surface area contributed by atoms with Crippen LogP contribution in [0.4, 0.5) is 0 Å². The van der Waals surface area contributed by atoms with Crippen LogP contribution in [0.1, 0.15) is 6.92 Å². The monoisotopic (exact) mass is 146 g/mol. The number of carbonyl (C=O) groups excluding carboxylic acids is 1. The minimum atomic E-state index is -0.598. The second kappa shape index (κ2) is 3.76. The third kappa shape index (κ3) is 1.97. The van der Waals surface area contributed by atoms with E-state index in [1.54, 1.807) is 0 Å². The molecule has 0 aliphatic heterocycles. The molecule has 4 heteroatoms. The summed E-state index contributed by atoms with van der Waals surface area (Å²) in [6.45, 7) is 1.41. The molecule has 0 aliphatic rings. The molecule has 0 fully saturated rings. The lowest BCUT2D eigenvalue weighted by Gasteiger charge is -2.00. The molecule has 0 aromatic heterocycles. The van der Waals surface area contributed by atoms with Gasteiger partial charge in [0.2, 0.25) is 0 Å². The molecule has 58 valence electrons. The first-order valence-corrected chi connectivity index (χ1v) is 2.65. The van der Waals surface area contributed by atoms with Crippen molar-refractivity contribution in [3.05, 3.63) is 11.5 Å². The molecule has 0 atom stereocenters. The lowest BCUT2D eigenvalue weighted by molar-refractivity contribution is -0.136. The summed E-state index contributed by atoms with van der Waals surface area (Å²) in [4.78, 5) is 10.6. The predicted octanol–water partition coefficient (Wildman–Crippen LogP) is 0.595. The zero-order valence-electron chi connectivity index (χ0n) is 6.17. The molecule has 0 saturated heterocycles. The van der Waals surface area contributed by atoms with E-state index in [2.05, 4.69) is 9.47 Å². The highest BCUT2D eigenvalue weighted by atomic mass is 16.6. The highest BCUT2D eigenvalue weighted by molar-refractivity contribution is 5.87. The van der Waals surface area contributed by atoms with Crippen molar-refractivity contribution in [2.24, 2.45) is 0 Å². The van der Waals surface area contributed by atoms with E-state index < -0.39 is 11.9 Å². The van der Waals surface area contributed by atoms with Gasteiger partial charge in [0, 0.05) is 0 Å². The average molecular weight is 146 g/mol. The highest BCUT2D eigenvalue weighted by Crippen LogP contribution is 2.01. The van der Waals surface area contributed by atoms with Gasteiger partial charge in [-0.05, 0) is 6.92 Å². The minimum Gasteiger partial charge on any atom is -0.481 e. The van der Waals surface area contributed by atoms with Crippen molar-refractivity contribution in [2.75, 3.05) is 14.2 Å². The minimum absolute atomic E-state index is 0.0602. The van der Waals surface area contributed by atoms with E-state index >= 15 is 0 Å². The van der Waals surface area contributed by atoms with Crippen molar-refractivity contribution < 1.29 is 19.4 Å². The number of carbonyl (C=O) groups is 1. The van der Waals surface area contributed by atoms with Gasteiger partial charge in [0.25, 0.3) is 5.95 Å². The number of hydrogen-bond acceptors (Lipinski definition) is 4. The molecule has 0 amide bonds. The van der Waals surface area contributed by atoms with E-state index in [9.17, 15) is 4.79 Å². The summed E-state index contributed by atoms with van der Waals surface area (Å²) in [5, 5.41) is 8.78. The number of hydrogen-bond donors (Lipinski definition) is 1. The molecule has 0 aromatic carbocycles. The van der Waals surface area contributed by atoms with Gasteiger partial charge >= 0.3 is 5.97 Å². The maximum absolute atomic E-state index is 10.6. The van der Waals surface area contributed by atoms with Gasteiger partial charge in [0.05, 0.1) is 14.2 Å². The first-order valence-electron chi connectivity index (χ1n) is 2.65. The van der Waals surface area contributed by atoms with Crippen LogP contribution in [0.5, 0.6) is 0 Å². The Kier molecular flexibility index (Phi) is 3.32. The molecular weight excluding hydrogens is 136 g/mol. The van der Waals surface area contributed by atoms with Gasteiger partial charge in [0.1, 0.15) is 5.57 Å². The van der Waals surface area contributed by atoms with Crippen LogP contribution in [0.25, 0.3) is 0 Å². The number of esters is 1. The van der Waals surface area contributed by atoms with Gasteiger partial charge in [-0.25, -0.2) is 4.79 Å². The molecule has 0 spiro atoms. The fourth-order valence-electron chi connectivity index (χ4n) is 0.393. The normalized spacial score (nSPS) is 11.9. The van der Waals surface area contributed by atoms with Gasteiger partial charge in [-0.1, -0.05) is 0 Å². The SMILES string of the molecule is COC(=O)/C(C)=C(/O)OC. The van der Waals surface area contributed by atoms with Crippen LogP contribution in [0.2, 0.25) is 0 Å². The number of aliphatic hydroxyl groups excluding tert-OH is 1. The Bertz CT molecular complexity index is 159. The number of rotatable bonds is 2. The van der Waals surface area contributed by atoms with E-state index in [-0.39, 0.29) is 5.57 Å². The Morgan fingerprint density at radius 3 is 2.10 bits per heavy atom. The Balaban J connectivity index is 4.30. The van der Waals surface area contributed by atoms with E-state index in [0.29, 0.717) is 0 Å². The van der Waals surface area contributed by atoms with Gasteiger partial charge in [-0.15, -0.1) is 0 Å². The van der Waals surface area contributed by atoms with Crippen LogP contribution >= 0.6 is 0 Å². The van der Waals surface area contributed by atoms with E-state index in [1.165, 1.54) is 21.1 Å². The van der Waals surface area contributed by atoms with Crippen LogP contribution in [0.15, 0.2) is 11.5 Å². The van der Waals surface area contributed by atoms with Crippen molar-refractivity contribution in [2.45, 2.75) is 6.92 Å². The second-order valence-electron chi connectivity index (χ2n) is 1.63. The molecule has 0 bridgehead atoms. The predicted molar refractivity (Wildman–Crippen MR) is 34.4 cm³/mol. The fourth-order valence-corrected chi connectivity index (χ4v) is 0.393. The Morgan fingerprint density at radius 1 is 1.30 bits per heavy atom. The smallest absolute Gasteiger partial charge is 0.340 e. The molecule has 0 radical (unpaired) electrons. The van der Waals surface area contributed by atoms with Crippen molar-refractivity contribution in [1.82, 2.24) is 0 Å². The second-order valence-corrected chi connectivity index (χ2v) is 1.63. The zero-order chi connectivity index (χ0) is 8.15. The molecular formula is C6H10O4. The van der Waals surface area contributed by atoms with Gasteiger partial charge in [0.15, 0.2) is 0 Å². The van der Waals surface area contributed by atoms with Crippen molar-refractivity contribution >= 4 is 5.97 Å². The van der Waals surface area contributed by atoms with Gasteiger partial charge in [-0.2, -0.15) is 0 Å². The van der Waals surface area contributed by atoms with E-state index in [0.717, 1.165) is 0 Å². The molecule has 0 saturated carbocycles. The summed E-state index contributed by atoms with van der Waals surface area (Å²) in [6, 6.07) is 0. The molecule has 0 aliphatic carbocycles. The quantitative estimate of drug-likeness (QED) is 0.352. The van der Waals surface area contributed by atoms with Gasteiger partial charge in [-0.3, -0.25) is 0 Å². The lowest BCUT2D eigenvalue weighted by Crippen LogP contribution is -2.05. The molecule has 0 aromatic rings. The molecule has 4 nitrogen and oxygen atoms in total. The van der Waals surface area contributed by atoms with E-state index in [1.807, 2.05) is 0 Å². The third-order valence-electron chi connectivity index (χ3n) is 1.01. The fraction of sp³-hybridized carbons (Fsp3) is 0.500. The Labute approximate surface area is 59.1 Å². The molecule has 10 heavy (non-hydrogen) atoms. The first-order chi connectivity index (χ1) is 4.63. The number of aliphatic hydroxyl groups is 1.